The molecule has 1 aromatic heterocycles. The van der Waals surface area contributed by atoms with Crippen molar-refractivity contribution in [3.8, 4) is 0 Å². The lowest BCUT2D eigenvalue weighted by Crippen LogP contribution is -2.27. The first kappa shape index (κ1) is 18.4. The molecule has 1 aliphatic carbocycles. The molecule has 19 heavy (non-hydrogen) atoms. The average molecular weight is 309 g/mol. The molecule has 0 radical (unpaired) electrons. The number of fused-ring (bicyclic) bond motifs is 1. The van der Waals surface area contributed by atoms with E-state index in [1.165, 1.54) is 12.0 Å². The number of halogens is 2. The highest BCUT2D eigenvalue weighted by Crippen LogP contribution is 2.19. The van der Waals surface area contributed by atoms with Crippen molar-refractivity contribution in [1.82, 2.24) is 15.5 Å². The Hall–Kier alpha value is -0.620. The SMILES string of the molecule is Cl.Cl.NCCNCCc1n[nH]c(=O)c2c1CCCC2. The van der Waals surface area contributed by atoms with E-state index in [2.05, 4.69) is 15.5 Å². The Labute approximate surface area is 125 Å². The second-order valence-corrected chi connectivity index (χ2v) is 4.45. The topological polar surface area (TPSA) is 83.8 Å². The second-order valence-electron chi connectivity index (χ2n) is 4.45. The number of rotatable bonds is 5. The van der Waals surface area contributed by atoms with Gasteiger partial charge < -0.3 is 11.1 Å². The van der Waals surface area contributed by atoms with Gasteiger partial charge in [-0.3, -0.25) is 4.79 Å². The number of aromatic nitrogens is 2. The van der Waals surface area contributed by atoms with E-state index < -0.39 is 0 Å². The molecule has 0 spiro atoms. The van der Waals surface area contributed by atoms with Gasteiger partial charge in [-0.2, -0.15) is 5.10 Å². The summed E-state index contributed by atoms with van der Waals surface area (Å²) >= 11 is 0. The molecular weight excluding hydrogens is 287 g/mol. The molecule has 110 valence electrons. The molecule has 0 fully saturated rings. The van der Waals surface area contributed by atoms with Gasteiger partial charge in [0.15, 0.2) is 0 Å². The van der Waals surface area contributed by atoms with Gasteiger partial charge in [0.25, 0.3) is 5.56 Å². The van der Waals surface area contributed by atoms with Crippen molar-refractivity contribution in [3.05, 3.63) is 27.2 Å². The van der Waals surface area contributed by atoms with Crippen molar-refractivity contribution in [3.63, 3.8) is 0 Å². The third kappa shape index (κ3) is 4.76. The first-order valence-corrected chi connectivity index (χ1v) is 6.33. The molecule has 5 nitrogen and oxygen atoms in total. The third-order valence-electron chi connectivity index (χ3n) is 3.24. The Morgan fingerprint density at radius 1 is 1.16 bits per heavy atom. The van der Waals surface area contributed by atoms with E-state index in [0.717, 1.165) is 50.0 Å². The minimum absolute atomic E-state index is 0. The van der Waals surface area contributed by atoms with E-state index in [1.54, 1.807) is 0 Å². The molecule has 0 saturated heterocycles. The first-order valence-electron chi connectivity index (χ1n) is 6.33. The maximum absolute atomic E-state index is 11.6. The van der Waals surface area contributed by atoms with Gasteiger partial charge in [0.05, 0.1) is 5.69 Å². The molecule has 0 saturated carbocycles. The van der Waals surface area contributed by atoms with Crippen LogP contribution in [0.2, 0.25) is 0 Å². The lowest BCUT2D eigenvalue weighted by molar-refractivity contribution is 0.632. The van der Waals surface area contributed by atoms with Crippen molar-refractivity contribution in [2.75, 3.05) is 19.6 Å². The molecule has 1 heterocycles. The third-order valence-corrected chi connectivity index (χ3v) is 3.24. The van der Waals surface area contributed by atoms with Gasteiger partial charge in [0.2, 0.25) is 0 Å². The molecule has 0 aromatic carbocycles. The van der Waals surface area contributed by atoms with Crippen LogP contribution in [0.4, 0.5) is 0 Å². The van der Waals surface area contributed by atoms with Crippen LogP contribution in [0, 0.1) is 0 Å². The van der Waals surface area contributed by atoms with E-state index in [0.29, 0.717) is 6.54 Å². The zero-order valence-electron chi connectivity index (χ0n) is 10.9. The van der Waals surface area contributed by atoms with Crippen molar-refractivity contribution < 1.29 is 0 Å². The molecule has 0 bridgehead atoms. The number of H-pyrrole nitrogens is 1. The zero-order valence-corrected chi connectivity index (χ0v) is 12.5. The Morgan fingerprint density at radius 3 is 2.53 bits per heavy atom. The molecule has 4 N–H and O–H groups in total. The number of nitrogens with one attached hydrogen (secondary N) is 2. The van der Waals surface area contributed by atoms with Crippen LogP contribution in [0.25, 0.3) is 0 Å². The summed E-state index contributed by atoms with van der Waals surface area (Å²) in [6, 6.07) is 0. The molecule has 2 rings (SSSR count). The summed E-state index contributed by atoms with van der Waals surface area (Å²) in [6.07, 6.45) is 5.04. The number of aromatic amines is 1. The Balaban J connectivity index is 0.00000162. The molecule has 0 amide bonds. The molecule has 7 heteroatoms. The smallest absolute Gasteiger partial charge is 0.267 e. The Bertz CT molecular complexity index is 436. The second kappa shape index (κ2) is 9.31. The zero-order chi connectivity index (χ0) is 12.1. The van der Waals surface area contributed by atoms with Crippen LogP contribution in [0.1, 0.15) is 29.7 Å². The largest absolute Gasteiger partial charge is 0.329 e. The normalized spacial score (nSPS) is 13.1. The average Bonchev–Trinajstić information content (AvgIpc) is 2.37. The van der Waals surface area contributed by atoms with Crippen molar-refractivity contribution in [2.24, 2.45) is 5.73 Å². The van der Waals surface area contributed by atoms with E-state index in [4.69, 9.17) is 5.73 Å². The van der Waals surface area contributed by atoms with Gasteiger partial charge in [-0.05, 0) is 31.2 Å². The lowest BCUT2D eigenvalue weighted by Gasteiger charge is -2.17. The Kier molecular flexibility index (Phi) is 9.01. The van der Waals surface area contributed by atoms with Crippen molar-refractivity contribution in [1.29, 1.82) is 0 Å². The number of nitrogens with zero attached hydrogens (tertiary/aromatic N) is 1. The summed E-state index contributed by atoms with van der Waals surface area (Å²) in [4.78, 5) is 11.6. The monoisotopic (exact) mass is 308 g/mol. The molecule has 1 aromatic rings. The summed E-state index contributed by atoms with van der Waals surface area (Å²) in [7, 11) is 0. The highest BCUT2D eigenvalue weighted by Gasteiger charge is 2.17. The van der Waals surface area contributed by atoms with Gasteiger partial charge in [-0.25, -0.2) is 5.10 Å². The maximum atomic E-state index is 11.6. The molecular formula is C12H22Cl2N4O. The van der Waals surface area contributed by atoms with Crippen molar-refractivity contribution >= 4 is 24.8 Å². The van der Waals surface area contributed by atoms with Gasteiger partial charge >= 0.3 is 0 Å². The minimum Gasteiger partial charge on any atom is -0.329 e. The maximum Gasteiger partial charge on any atom is 0.267 e. The standard InChI is InChI=1S/C12H20N4O.2ClH/c13-6-8-14-7-5-11-9-3-1-2-4-10(9)12(17)16-15-11;;/h14H,1-8,13H2,(H,16,17);2*1H. The fraction of sp³-hybridized carbons (Fsp3) is 0.667. The molecule has 1 aliphatic rings. The van der Waals surface area contributed by atoms with Crippen LogP contribution in [-0.4, -0.2) is 29.8 Å². The van der Waals surface area contributed by atoms with E-state index in [9.17, 15) is 4.79 Å². The van der Waals surface area contributed by atoms with Crippen LogP contribution in [0.5, 0.6) is 0 Å². The van der Waals surface area contributed by atoms with Crippen LogP contribution in [0.15, 0.2) is 4.79 Å². The number of nitrogens with two attached hydrogens (primary N) is 1. The van der Waals surface area contributed by atoms with Gasteiger partial charge in [-0.1, -0.05) is 0 Å². The Morgan fingerprint density at radius 2 is 1.84 bits per heavy atom. The fourth-order valence-electron chi connectivity index (χ4n) is 2.37. The summed E-state index contributed by atoms with van der Waals surface area (Å²) in [6.45, 7) is 2.34. The van der Waals surface area contributed by atoms with Crippen LogP contribution in [-0.2, 0) is 19.3 Å². The molecule has 0 atom stereocenters. The quantitative estimate of drug-likeness (QED) is 0.695. The van der Waals surface area contributed by atoms with E-state index in [1.807, 2.05) is 0 Å². The van der Waals surface area contributed by atoms with Gasteiger partial charge in [0, 0.05) is 31.6 Å². The lowest BCUT2D eigenvalue weighted by atomic mass is 9.91. The predicted molar refractivity (Wildman–Crippen MR) is 81.6 cm³/mol. The van der Waals surface area contributed by atoms with E-state index in [-0.39, 0.29) is 30.4 Å². The summed E-state index contributed by atoms with van der Waals surface area (Å²) < 4.78 is 0. The van der Waals surface area contributed by atoms with E-state index >= 15 is 0 Å². The van der Waals surface area contributed by atoms with Gasteiger partial charge in [0.1, 0.15) is 0 Å². The first-order chi connectivity index (χ1) is 8.33. The highest BCUT2D eigenvalue weighted by atomic mass is 35.5. The minimum atomic E-state index is -0.00151. The van der Waals surface area contributed by atoms with Gasteiger partial charge in [-0.15, -0.1) is 24.8 Å². The van der Waals surface area contributed by atoms with Crippen molar-refractivity contribution in [2.45, 2.75) is 32.1 Å². The number of hydrogen-bond donors (Lipinski definition) is 3. The van der Waals surface area contributed by atoms with Crippen LogP contribution in [0.3, 0.4) is 0 Å². The number of hydrogen-bond acceptors (Lipinski definition) is 4. The summed E-state index contributed by atoms with van der Waals surface area (Å²) in [5, 5.41) is 10.0. The summed E-state index contributed by atoms with van der Waals surface area (Å²) in [5.74, 6) is 0. The predicted octanol–water partition coefficient (Wildman–Crippen LogP) is 0.583. The van der Waals surface area contributed by atoms with Crippen LogP contribution < -0.4 is 16.6 Å². The fourth-order valence-corrected chi connectivity index (χ4v) is 2.37. The van der Waals surface area contributed by atoms with Crippen LogP contribution >= 0.6 is 24.8 Å². The highest BCUT2D eigenvalue weighted by molar-refractivity contribution is 5.85. The molecule has 0 unspecified atom stereocenters. The summed E-state index contributed by atoms with van der Waals surface area (Å²) in [5.41, 5.74) is 8.60. The molecule has 0 aliphatic heterocycles.